The number of para-hydroxylation sites is 1. The Morgan fingerprint density at radius 3 is 2.65 bits per heavy atom. The summed E-state index contributed by atoms with van der Waals surface area (Å²) in [5, 5.41) is 2.92. The van der Waals surface area contributed by atoms with Crippen LogP contribution in [-0.4, -0.2) is 47.0 Å². The Morgan fingerprint density at radius 1 is 1.15 bits per heavy atom. The van der Waals surface area contributed by atoms with Crippen molar-refractivity contribution in [3.8, 4) is 0 Å². The van der Waals surface area contributed by atoms with Crippen LogP contribution in [0.2, 0.25) is 0 Å². The second kappa shape index (κ2) is 7.23. The van der Waals surface area contributed by atoms with Gasteiger partial charge in [0.05, 0.1) is 6.54 Å². The zero-order valence-corrected chi connectivity index (χ0v) is 14.4. The van der Waals surface area contributed by atoms with Gasteiger partial charge in [-0.15, -0.1) is 0 Å². The third-order valence-corrected chi connectivity index (χ3v) is 4.62. The number of anilines is 1. The topological polar surface area (TPSA) is 78.9 Å². The first-order valence-electron chi connectivity index (χ1n) is 8.75. The van der Waals surface area contributed by atoms with E-state index in [-0.39, 0.29) is 5.91 Å². The van der Waals surface area contributed by atoms with Gasteiger partial charge in [-0.05, 0) is 24.3 Å². The lowest BCUT2D eigenvalue weighted by Gasteiger charge is -2.35. The molecule has 2 aromatic rings. The standard InChI is InChI=1S/C19H21N5O2/c25-17(21-15-6-2-1-3-7-15)14-24-12-9-19(10-13-24)22-18(23-26-19)16-8-4-5-11-20-16/h1-8,11H,9-10,12-14H2,(H,21,25)(H,22,23). The molecule has 0 saturated carbocycles. The monoisotopic (exact) mass is 351 g/mol. The molecule has 0 bridgehead atoms. The highest BCUT2D eigenvalue weighted by atomic mass is 16.7. The summed E-state index contributed by atoms with van der Waals surface area (Å²) in [6.45, 7) is 1.88. The van der Waals surface area contributed by atoms with Crippen molar-refractivity contribution >= 4 is 17.4 Å². The molecular formula is C19H21N5O2. The van der Waals surface area contributed by atoms with Crippen molar-refractivity contribution in [3.05, 3.63) is 60.4 Å². The van der Waals surface area contributed by atoms with E-state index in [2.05, 4.69) is 20.7 Å². The number of nitrogens with zero attached hydrogens (tertiary/aromatic N) is 3. The van der Waals surface area contributed by atoms with Gasteiger partial charge < -0.3 is 5.32 Å². The third-order valence-electron chi connectivity index (χ3n) is 4.62. The molecule has 1 aromatic carbocycles. The van der Waals surface area contributed by atoms with E-state index in [0.29, 0.717) is 12.4 Å². The molecule has 2 aliphatic rings. The minimum absolute atomic E-state index is 0.00436. The summed E-state index contributed by atoms with van der Waals surface area (Å²) in [6.07, 6.45) is 3.20. The number of hydrogen-bond acceptors (Lipinski definition) is 6. The Hall–Kier alpha value is -2.77. The molecule has 3 heterocycles. The van der Waals surface area contributed by atoms with Crippen molar-refractivity contribution in [3.63, 3.8) is 0 Å². The van der Waals surface area contributed by atoms with Crippen LogP contribution in [0.5, 0.6) is 0 Å². The predicted octanol–water partition coefficient (Wildman–Crippen LogP) is 1.79. The number of carbonyl (C=O) groups is 1. The first-order valence-corrected chi connectivity index (χ1v) is 8.75. The van der Waals surface area contributed by atoms with E-state index in [9.17, 15) is 4.79 Å². The molecule has 1 fully saturated rings. The van der Waals surface area contributed by atoms with E-state index in [1.165, 1.54) is 0 Å². The summed E-state index contributed by atoms with van der Waals surface area (Å²) in [4.78, 5) is 29.1. The fraction of sp³-hybridized carbons (Fsp3) is 0.316. The van der Waals surface area contributed by atoms with E-state index in [0.717, 1.165) is 37.3 Å². The fourth-order valence-corrected chi connectivity index (χ4v) is 3.20. The van der Waals surface area contributed by atoms with Crippen LogP contribution >= 0.6 is 0 Å². The number of piperidine rings is 1. The number of rotatable bonds is 4. The zero-order chi connectivity index (χ0) is 17.8. The number of nitrogens with one attached hydrogen (secondary N) is 2. The first-order chi connectivity index (χ1) is 12.7. The molecule has 2 aliphatic heterocycles. The van der Waals surface area contributed by atoms with Gasteiger partial charge in [0.15, 0.2) is 11.6 Å². The van der Waals surface area contributed by atoms with Gasteiger partial charge in [-0.1, -0.05) is 24.3 Å². The number of aliphatic imine (C=N–C) groups is 1. The van der Waals surface area contributed by atoms with Gasteiger partial charge in [0, 0.05) is 37.8 Å². The fourth-order valence-electron chi connectivity index (χ4n) is 3.20. The van der Waals surface area contributed by atoms with Crippen LogP contribution < -0.4 is 10.8 Å². The van der Waals surface area contributed by atoms with Gasteiger partial charge >= 0.3 is 0 Å². The minimum atomic E-state index is -0.556. The Morgan fingerprint density at radius 2 is 1.92 bits per heavy atom. The average molecular weight is 351 g/mol. The number of likely N-dealkylation sites (tertiary alicyclic amines) is 1. The molecule has 0 radical (unpaired) electrons. The highest BCUT2D eigenvalue weighted by Crippen LogP contribution is 2.30. The summed E-state index contributed by atoms with van der Waals surface area (Å²) in [5.41, 5.74) is 3.95. The first kappa shape index (κ1) is 16.7. The molecule has 7 nitrogen and oxygen atoms in total. The molecule has 0 aliphatic carbocycles. The number of hydrogen-bond donors (Lipinski definition) is 2. The maximum absolute atomic E-state index is 12.2. The van der Waals surface area contributed by atoms with Crippen LogP contribution in [0.25, 0.3) is 0 Å². The van der Waals surface area contributed by atoms with E-state index in [1.54, 1.807) is 6.20 Å². The lowest BCUT2D eigenvalue weighted by molar-refractivity contribution is -0.120. The van der Waals surface area contributed by atoms with Crippen LogP contribution in [0.1, 0.15) is 18.5 Å². The van der Waals surface area contributed by atoms with Crippen molar-refractivity contribution in [2.75, 3.05) is 25.0 Å². The van der Waals surface area contributed by atoms with Crippen molar-refractivity contribution in [1.29, 1.82) is 0 Å². The molecule has 1 aromatic heterocycles. The van der Waals surface area contributed by atoms with Gasteiger partial charge in [-0.2, -0.15) is 0 Å². The van der Waals surface area contributed by atoms with Crippen LogP contribution in [0.3, 0.4) is 0 Å². The number of amides is 1. The number of aromatic nitrogens is 1. The molecule has 7 heteroatoms. The predicted molar refractivity (Wildman–Crippen MR) is 98.5 cm³/mol. The smallest absolute Gasteiger partial charge is 0.238 e. The van der Waals surface area contributed by atoms with Crippen LogP contribution in [-0.2, 0) is 9.63 Å². The molecule has 26 heavy (non-hydrogen) atoms. The Bertz CT molecular complexity index is 786. The maximum Gasteiger partial charge on any atom is 0.238 e. The number of carbonyl (C=O) groups excluding carboxylic acids is 1. The molecule has 1 amide bonds. The molecular weight excluding hydrogens is 330 g/mol. The lowest BCUT2D eigenvalue weighted by Crippen LogP contribution is -2.46. The van der Waals surface area contributed by atoms with Gasteiger partial charge in [0.25, 0.3) is 0 Å². The van der Waals surface area contributed by atoms with Gasteiger partial charge in [-0.25, -0.2) is 15.3 Å². The van der Waals surface area contributed by atoms with E-state index >= 15 is 0 Å². The summed E-state index contributed by atoms with van der Waals surface area (Å²) in [7, 11) is 0. The normalized spacial score (nSPS) is 19.0. The Kier molecular flexibility index (Phi) is 4.64. The van der Waals surface area contributed by atoms with E-state index < -0.39 is 5.72 Å². The summed E-state index contributed by atoms with van der Waals surface area (Å²) in [5.74, 6) is 0.663. The van der Waals surface area contributed by atoms with Crippen molar-refractivity contribution in [1.82, 2.24) is 15.4 Å². The molecule has 0 unspecified atom stereocenters. The molecule has 1 saturated heterocycles. The Labute approximate surface area is 152 Å². The molecule has 1 spiro atoms. The summed E-state index contributed by atoms with van der Waals surface area (Å²) in [6, 6.07) is 15.2. The molecule has 4 rings (SSSR count). The van der Waals surface area contributed by atoms with Crippen LogP contribution in [0.4, 0.5) is 5.69 Å². The number of benzene rings is 1. The van der Waals surface area contributed by atoms with E-state index in [4.69, 9.17) is 9.83 Å². The maximum atomic E-state index is 12.2. The quantitative estimate of drug-likeness (QED) is 0.878. The molecule has 0 atom stereocenters. The molecule has 134 valence electrons. The van der Waals surface area contributed by atoms with Crippen molar-refractivity contribution in [2.24, 2.45) is 4.99 Å². The minimum Gasteiger partial charge on any atom is -0.325 e. The van der Waals surface area contributed by atoms with Crippen molar-refractivity contribution < 1.29 is 9.63 Å². The summed E-state index contributed by atoms with van der Waals surface area (Å²) >= 11 is 0. The van der Waals surface area contributed by atoms with Crippen LogP contribution in [0, 0.1) is 0 Å². The molecule has 2 N–H and O–H groups in total. The second-order valence-electron chi connectivity index (χ2n) is 6.52. The zero-order valence-electron chi connectivity index (χ0n) is 14.4. The lowest BCUT2D eigenvalue weighted by atomic mass is 10.0. The summed E-state index contributed by atoms with van der Waals surface area (Å²) < 4.78 is 0. The number of hydroxylamine groups is 1. The number of pyridine rings is 1. The van der Waals surface area contributed by atoms with E-state index in [1.807, 2.05) is 48.5 Å². The van der Waals surface area contributed by atoms with Gasteiger partial charge in [-0.3, -0.25) is 14.7 Å². The van der Waals surface area contributed by atoms with Gasteiger partial charge in [0.2, 0.25) is 5.91 Å². The average Bonchev–Trinajstić information content (AvgIpc) is 3.09. The van der Waals surface area contributed by atoms with Crippen molar-refractivity contribution in [2.45, 2.75) is 18.6 Å². The second-order valence-corrected chi connectivity index (χ2v) is 6.52. The Balaban J connectivity index is 1.32. The highest BCUT2D eigenvalue weighted by molar-refractivity contribution is 5.97. The largest absolute Gasteiger partial charge is 0.325 e. The van der Waals surface area contributed by atoms with Gasteiger partial charge in [0.1, 0.15) is 5.69 Å². The highest BCUT2D eigenvalue weighted by Gasteiger charge is 2.40. The third kappa shape index (κ3) is 3.74. The SMILES string of the molecule is O=C(CN1CCC2(CC1)N=C(c1ccccn1)NO2)Nc1ccccc1. The number of amidine groups is 1. The van der Waals surface area contributed by atoms with Crippen LogP contribution in [0.15, 0.2) is 59.7 Å².